The number of primary amides is 1. The largest absolute Gasteiger partial charge is 0.366 e. The van der Waals surface area contributed by atoms with Gasteiger partial charge in [-0.15, -0.1) is 11.3 Å². The van der Waals surface area contributed by atoms with E-state index in [1.54, 1.807) is 41.8 Å². The summed E-state index contributed by atoms with van der Waals surface area (Å²) in [7, 11) is 0. The maximum atomic E-state index is 11.3. The zero-order valence-electron chi connectivity index (χ0n) is 13.7. The highest BCUT2D eigenvalue weighted by atomic mass is 32.1. The van der Waals surface area contributed by atoms with Crippen LogP contribution >= 0.6 is 11.3 Å². The van der Waals surface area contributed by atoms with Crippen molar-refractivity contribution in [2.45, 2.75) is 27.2 Å². The molecule has 0 radical (unpaired) electrons. The molecule has 2 N–H and O–H groups in total. The highest BCUT2D eigenvalue weighted by molar-refractivity contribution is 7.15. The van der Waals surface area contributed by atoms with Gasteiger partial charge in [-0.05, 0) is 17.5 Å². The Bertz CT molecular complexity index is 877. The van der Waals surface area contributed by atoms with Crippen LogP contribution in [0.15, 0.2) is 35.0 Å². The lowest BCUT2D eigenvalue weighted by atomic mass is 9.93. The number of aromatic nitrogens is 3. The fraction of sp³-hybridized carbons (Fsp3) is 0.294. The van der Waals surface area contributed by atoms with E-state index in [9.17, 15) is 4.79 Å². The number of hydrogen-bond donors (Lipinski definition) is 1. The molecule has 3 rings (SSSR count). The number of thiazole rings is 1. The first kappa shape index (κ1) is 16.3. The molecule has 0 atom stereocenters. The summed E-state index contributed by atoms with van der Waals surface area (Å²) in [4.78, 5) is 20.9. The summed E-state index contributed by atoms with van der Waals surface area (Å²) in [6.45, 7) is 6.51. The van der Waals surface area contributed by atoms with Gasteiger partial charge in [0.1, 0.15) is 4.88 Å². The van der Waals surface area contributed by atoms with Crippen molar-refractivity contribution in [3.8, 4) is 22.2 Å². The molecule has 0 aliphatic heterocycles. The summed E-state index contributed by atoms with van der Waals surface area (Å²) in [5, 5.41) is 5.02. The average molecular weight is 342 g/mol. The zero-order valence-corrected chi connectivity index (χ0v) is 14.6. The van der Waals surface area contributed by atoms with E-state index >= 15 is 0 Å². The molecule has 124 valence electrons. The lowest BCUT2D eigenvalue weighted by Crippen LogP contribution is -2.10. The Labute approximate surface area is 143 Å². The first-order valence-corrected chi connectivity index (χ1v) is 8.32. The zero-order chi connectivity index (χ0) is 17.3. The summed E-state index contributed by atoms with van der Waals surface area (Å²) in [6, 6.07) is 6.84. The lowest BCUT2D eigenvalue weighted by Gasteiger charge is -2.15. The molecule has 2 aromatic heterocycles. The maximum absolute atomic E-state index is 11.3. The Morgan fingerprint density at radius 1 is 1.33 bits per heavy atom. The van der Waals surface area contributed by atoms with Crippen LogP contribution in [0.2, 0.25) is 0 Å². The fourth-order valence-electron chi connectivity index (χ4n) is 2.20. The summed E-state index contributed by atoms with van der Waals surface area (Å²) in [5.74, 6) is 0.348. The highest BCUT2D eigenvalue weighted by Crippen LogP contribution is 2.30. The smallest absolute Gasteiger partial charge is 0.269 e. The third kappa shape index (κ3) is 3.68. The van der Waals surface area contributed by atoms with Crippen LogP contribution < -0.4 is 5.73 Å². The molecule has 0 spiro atoms. The van der Waals surface area contributed by atoms with Crippen molar-refractivity contribution in [3.63, 3.8) is 0 Å². The second-order valence-electron chi connectivity index (χ2n) is 6.72. The van der Waals surface area contributed by atoms with Crippen LogP contribution in [0, 0.1) is 5.41 Å². The van der Waals surface area contributed by atoms with E-state index in [4.69, 9.17) is 10.3 Å². The monoisotopic (exact) mass is 342 g/mol. The van der Waals surface area contributed by atoms with E-state index in [0.717, 1.165) is 16.3 Å². The van der Waals surface area contributed by atoms with Crippen molar-refractivity contribution in [2.75, 3.05) is 0 Å². The summed E-state index contributed by atoms with van der Waals surface area (Å²) in [5.41, 5.74) is 6.56. The number of benzene rings is 1. The van der Waals surface area contributed by atoms with Crippen molar-refractivity contribution in [1.82, 2.24) is 15.1 Å². The van der Waals surface area contributed by atoms with E-state index in [-0.39, 0.29) is 5.41 Å². The molecule has 24 heavy (non-hydrogen) atoms. The van der Waals surface area contributed by atoms with Crippen molar-refractivity contribution in [1.29, 1.82) is 0 Å². The third-order valence-corrected chi connectivity index (χ3v) is 4.26. The van der Waals surface area contributed by atoms with Crippen LogP contribution in [0.4, 0.5) is 0 Å². The molecule has 2 heterocycles. The Kier molecular flexibility index (Phi) is 4.19. The molecule has 1 aromatic carbocycles. The molecular formula is C17H18N4O2S. The number of rotatable bonds is 4. The molecule has 0 bridgehead atoms. The minimum Gasteiger partial charge on any atom is -0.366 e. The molecule has 0 aliphatic rings. The van der Waals surface area contributed by atoms with Crippen molar-refractivity contribution >= 4 is 17.2 Å². The number of nitrogens with zero attached hydrogens (tertiary/aromatic N) is 3. The third-order valence-electron chi connectivity index (χ3n) is 3.28. The second kappa shape index (κ2) is 6.16. The lowest BCUT2D eigenvalue weighted by molar-refractivity contribution is 0.100. The molecule has 0 fully saturated rings. The van der Waals surface area contributed by atoms with E-state index in [1.165, 1.54) is 0 Å². The molecular weight excluding hydrogens is 324 g/mol. The Morgan fingerprint density at radius 2 is 2.12 bits per heavy atom. The molecule has 1 amide bonds. The second-order valence-corrected chi connectivity index (χ2v) is 7.84. The SMILES string of the molecule is CC(C)(C)Cc1ncc(-c2nc(-c3cccc(C(N)=O)c3)no2)s1. The van der Waals surface area contributed by atoms with E-state index in [1.807, 2.05) is 0 Å². The summed E-state index contributed by atoms with van der Waals surface area (Å²) >= 11 is 1.55. The van der Waals surface area contributed by atoms with Gasteiger partial charge in [0.15, 0.2) is 0 Å². The van der Waals surface area contributed by atoms with E-state index in [0.29, 0.717) is 22.8 Å². The molecule has 6 nitrogen and oxygen atoms in total. The van der Waals surface area contributed by atoms with Crippen LogP contribution in [-0.4, -0.2) is 21.0 Å². The average Bonchev–Trinajstić information content (AvgIpc) is 3.14. The predicted octanol–water partition coefficient (Wildman–Crippen LogP) is 3.55. The molecule has 0 saturated carbocycles. The topological polar surface area (TPSA) is 94.9 Å². The van der Waals surface area contributed by atoms with Gasteiger partial charge < -0.3 is 10.3 Å². The number of hydrogen-bond acceptors (Lipinski definition) is 6. The van der Waals surface area contributed by atoms with Gasteiger partial charge in [0.2, 0.25) is 11.7 Å². The van der Waals surface area contributed by atoms with Gasteiger partial charge in [0.05, 0.1) is 11.2 Å². The van der Waals surface area contributed by atoms with Crippen molar-refractivity contribution in [3.05, 3.63) is 41.0 Å². The minimum atomic E-state index is -0.491. The fourth-order valence-corrected chi connectivity index (χ4v) is 3.34. The highest BCUT2D eigenvalue weighted by Gasteiger charge is 2.18. The molecule has 0 unspecified atom stereocenters. The Morgan fingerprint density at radius 3 is 2.83 bits per heavy atom. The molecule has 0 aliphatic carbocycles. The van der Waals surface area contributed by atoms with Crippen LogP contribution in [0.5, 0.6) is 0 Å². The van der Waals surface area contributed by atoms with Crippen LogP contribution in [0.1, 0.15) is 36.1 Å². The van der Waals surface area contributed by atoms with Gasteiger partial charge in [0.25, 0.3) is 5.89 Å². The van der Waals surface area contributed by atoms with Gasteiger partial charge in [-0.2, -0.15) is 4.98 Å². The molecule has 3 aromatic rings. The summed E-state index contributed by atoms with van der Waals surface area (Å²) in [6.07, 6.45) is 2.64. The van der Waals surface area contributed by atoms with Crippen LogP contribution in [0.25, 0.3) is 22.2 Å². The number of amides is 1. The van der Waals surface area contributed by atoms with E-state index in [2.05, 4.69) is 35.9 Å². The minimum absolute atomic E-state index is 0.171. The van der Waals surface area contributed by atoms with Crippen molar-refractivity contribution < 1.29 is 9.32 Å². The number of carbonyl (C=O) groups is 1. The van der Waals surface area contributed by atoms with Gasteiger partial charge in [0, 0.05) is 17.5 Å². The molecule has 7 heteroatoms. The quantitative estimate of drug-likeness (QED) is 0.782. The number of carbonyl (C=O) groups excluding carboxylic acids is 1. The van der Waals surface area contributed by atoms with Gasteiger partial charge >= 0.3 is 0 Å². The normalized spacial score (nSPS) is 11.6. The van der Waals surface area contributed by atoms with Crippen LogP contribution in [-0.2, 0) is 6.42 Å². The maximum Gasteiger partial charge on any atom is 0.269 e. The van der Waals surface area contributed by atoms with E-state index < -0.39 is 5.91 Å². The van der Waals surface area contributed by atoms with Gasteiger partial charge in [-0.1, -0.05) is 38.1 Å². The standard InChI is InChI=1S/C17H18N4O2S/c1-17(2,3)8-13-19-9-12(24-13)16-20-15(21-23-16)11-6-4-5-10(7-11)14(18)22/h4-7,9H,8H2,1-3H3,(H2,18,22). The van der Waals surface area contributed by atoms with Gasteiger partial charge in [-0.25, -0.2) is 4.98 Å². The summed E-state index contributed by atoms with van der Waals surface area (Å²) < 4.78 is 5.34. The molecule has 0 saturated heterocycles. The first-order chi connectivity index (χ1) is 11.3. The predicted molar refractivity (Wildman–Crippen MR) is 92.5 cm³/mol. The Hall–Kier alpha value is -2.54. The first-order valence-electron chi connectivity index (χ1n) is 7.51. The van der Waals surface area contributed by atoms with Crippen molar-refractivity contribution in [2.24, 2.45) is 11.1 Å². The Balaban J connectivity index is 1.86. The van der Waals surface area contributed by atoms with Gasteiger partial charge in [-0.3, -0.25) is 4.79 Å². The van der Waals surface area contributed by atoms with Crippen LogP contribution in [0.3, 0.4) is 0 Å². The number of nitrogens with two attached hydrogens (primary N) is 1.